The second-order valence-corrected chi connectivity index (χ2v) is 6.12. The third-order valence-corrected chi connectivity index (χ3v) is 4.63. The van der Waals surface area contributed by atoms with Crippen molar-refractivity contribution in [3.05, 3.63) is 34.7 Å². The number of nitrogens with zero attached hydrogens (tertiary/aromatic N) is 2. The fraction of sp³-hybridized carbons (Fsp3) is 0.533. The molecule has 2 heterocycles. The predicted molar refractivity (Wildman–Crippen MR) is 84.4 cm³/mol. The van der Waals surface area contributed by atoms with Crippen LogP contribution in [0.4, 0.5) is 5.13 Å². The predicted octanol–water partition coefficient (Wildman–Crippen LogP) is 3.74. The molecule has 1 unspecified atom stereocenters. The Morgan fingerprint density at radius 3 is 2.95 bits per heavy atom. The average molecular weight is 293 g/mol. The summed E-state index contributed by atoms with van der Waals surface area (Å²) >= 11 is 1.75. The van der Waals surface area contributed by atoms with Gasteiger partial charge in [0, 0.05) is 36.3 Å². The maximum Gasteiger partial charge on any atom is 0.185 e. The van der Waals surface area contributed by atoms with Crippen molar-refractivity contribution in [1.29, 1.82) is 0 Å². The van der Waals surface area contributed by atoms with Gasteiger partial charge in [-0.2, -0.15) is 0 Å². The molecule has 0 aliphatic heterocycles. The van der Waals surface area contributed by atoms with Gasteiger partial charge < -0.3 is 14.6 Å². The topological polar surface area (TPSA) is 41.3 Å². The summed E-state index contributed by atoms with van der Waals surface area (Å²) in [5.41, 5.74) is 1.21. The van der Waals surface area contributed by atoms with Crippen molar-refractivity contribution in [3.8, 4) is 0 Å². The molecular formula is C15H23N3OS. The molecule has 1 N–H and O–H groups in total. The molecule has 110 valence electrons. The highest BCUT2D eigenvalue weighted by atomic mass is 32.1. The Hall–Kier alpha value is -1.33. The largest absolute Gasteiger partial charge is 0.469 e. The molecular weight excluding hydrogens is 270 g/mol. The van der Waals surface area contributed by atoms with E-state index < -0.39 is 0 Å². The van der Waals surface area contributed by atoms with Crippen LogP contribution in [0.2, 0.25) is 0 Å². The Balaban J connectivity index is 1.99. The summed E-state index contributed by atoms with van der Waals surface area (Å²) in [6.07, 6.45) is 4.87. The van der Waals surface area contributed by atoms with E-state index in [-0.39, 0.29) is 0 Å². The van der Waals surface area contributed by atoms with Crippen LogP contribution in [-0.4, -0.2) is 18.6 Å². The van der Waals surface area contributed by atoms with Crippen LogP contribution < -0.4 is 10.2 Å². The molecule has 0 bridgehead atoms. The van der Waals surface area contributed by atoms with Crippen LogP contribution in [0.3, 0.4) is 0 Å². The zero-order chi connectivity index (χ0) is 14.5. The number of hydrogen-bond donors (Lipinski definition) is 1. The van der Waals surface area contributed by atoms with E-state index in [1.54, 1.807) is 17.6 Å². The van der Waals surface area contributed by atoms with E-state index >= 15 is 0 Å². The molecule has 4 nitrogen and oxygen atoms in total. The van der Waals surface area contributed by atoms with E-state index in [1.165, 1.54) is 10.4 Å². The first-order chi connectivity index (χ1) is 9.61. The van der Waals surface area contributed by atoms with Gasteiger partial charge in [0.1, 0.15) is 5.76 Å². The maximum absolute atomic E-state index is 5.34. The summed E-state index contributed by atoms with van der Waals surface area (Å²) in [6.45, 7) is 8.23. The molecule has 2 rings (SSSR count). The summed E-state index contributed by atoms with van der Waals surface area (Å²) in [4.78, 5) is 7.98. The smallest absolute Gasteiger partial charge is 0.185 e. The van der Waals surface area contributed by atoms with Crippen molar-refractivity contribution in [2.75, 3.05) is 18.5 Å². The normalized spacial score (nSPS) is 12.6. The van der Waals surface area contributed by atoms with Crippen LogP contribution in [0, 0.1) is 6.92 Å². The Bertz CT molecular complexity index is 535. The van der Waals surface area contributed by atoms with Gasteiger partial charge >= 0.3 is 0 Å². The Labute approximate surface area is 124 Å². The molecule has 1 atom stereocenters. The summed E-state index contributed by atoms with van der Waals surface area (Å²) in [7, 11) is 2.07. The lowest BCUT2D eigenvalue weighted by molar-refractivity contribution is 0.529. The van der Waals surface area contributed by atoms with E-state index in [0.29, 0.717) is 6.04 Å². The van der Waals surface area contributed by atoms with E-state index in [9.17, 15) is 0 Å². The molecule has 0 radical (unpaired) electrons. The van der Waals surface area contributed by atoms with Crippen LogP contribution in [0.15, 0.2) is 22.9 Å². The Morgan fingerprint density at radius 1 is 1.50 bits per heavy atom. The summed E-state index contributed by atoms with van der Waals surface area (Å²) in [6, 6.07) is 2.39. The Morgan fingerprint density at radius 2 is 2.30 bits per heavy atom. The minimum atomic E-state index is 0.366. The van der Waals surface area contributed by atoms with Crippen molar-refractivity contribution in [1.82, 2.24) is 10.3 Å². The van der Waals surface area contributed by atoms with Crippen LogP contribution in [0.1, 0.15) is 42.5 Å². The van der Waals surface area contributed by atoms with Crippen molar-refractivity contribution >= 4 is 16.5 Å². The fourth-order valence-corrected chi connectivity index (χ4v) is 2.92. The lowest BCUT2D eigenvalue weighted by atomic mass is 10.2. The van der Waals surface area contributed by atoms with Gasteiger partial charge in [0.2, 0.25) is 0 Å². The molecule has 2 aromatic rings. The number of thiazole rings is 1. The van der Waals surface area contributed by atoms with E-state index in [4.69, 9.17) is 4.42 Å². The van der Waals surface area contributed by atoms with Crippen LogP contribution in [-0.2, 0) is 6.54 Å². The van der Waals surface area contributed by atoms with Gasteiger partial charge in [0.25, 0.3) is 0 Å². The fourth-order valence-electron chi connectivity index (χ4n) is 2.01. The molecule has 2 aromatic heterocycles. The van der Waals surface area contributed by atoms with Gasteiger partial charge in [0.05, 0.1) is 6.26 Å². The number of hydrogen-bond acceptors (Lipinski definition) is 5. The lowest BCUT2D eigenvalue weighted by Gasteiger charge is -2.15. The van der Waals surface area contributed by atoms with Crippen LogP contribution in [0.5, 0.6) is 0 Å². The van der Waals surface area contributed by atoms with Crippen molar-refractivity contribution < 1.29 is 4.42 Å². The van der Waals surface area contributed by atoms with E-state index in [2.05, 4.69) is 36.1 Å². The molecule has 0 saturated heterocycles. The minimum absolute atomic E-state index is 0.366. The van der Waals surface area contributed by atoms with Crippen molar-refractivity contribution in [2.24, 2.45) is 0 Å². The van der Waals surface area contributed by atoms with Gasteiger partial charge in [-0.1, -0.05) is 6.92 Å². The summed E-state index contributed by atoms with van der Waals surface area (Å²) in [5.74, 6) is 0.978. The highest BCUT2D eigenvalue weighted by molar-refractivity contribution is 7.15. The number of aromatic nitrogens is 1. The second-order valence-electron chi connectivity index (χ2n) is 5.08. The number of anilines is 1. The number of rotatable bonds is 7. The van der Waals surface area contributed by atoms with Gasteiger partial charge in [-0.15, -0.1) is 11.3 Å². The number of aryl methyl sites for hydroxylation is 1. The summed E-state index contributed by atoms with van der Waals surface area (Å²) < 4.78 is 5.34. The highest BCUT2D eigenvalue weighted by Gasteiger charge is 2.13. The average Bonchev–Trinajstić information content (AvgIpc) is 3.06. The molecule has 5 heteroatoms. The van der Waals surface area contributed by atoms with Gasteiger partial charge in [-0.05, 0) is 32.9 Å². The van der Waals surface area contributed by atoms with Crippen LogP contribution in [0.25, 0.3) is 0 Å². The molecule has 0 amide bonds. The SMILES string of the molecule is CCCNC(C)c1cnc(N(C)Cc2ccoc2C)s1. The van der Waals surface area contributed by atoms with E-state index in [0.717, 1.165) is 30.4 Å². The van der Waals surface area contributed by atoms with Crippen LogP contribution >= 0.6 is 11.3 Å². The van der Waals surface area contributed by atoms with Crippen molar-refractivity contribution in [2.45, 2.75) is 39.8 Å². The zero-order valence-corrected chi connectivity index (χ0v) is 13.5. The molecule has 0 spiro atoms. The minimum Gasteiger partial charge on any atom is -0.469 e. The first-order valence-electron chi connectivity index (χ1n) is 7.05. The lowest BCUT2D eigenvalue weighted by Crippen LogP contribution is -2.18. The highest BCUT2D eigenvalue weighted by Crippen LogP contribution is 2.27. The second kappa shape index (κ2) is 6.90. The summed E-state index contributed by atoms with van der Waals surface area (Å²) in [5, 5.41) is 4.54. The van der Waals surface area contributed by atoms with E-state index in [1.807, 2.05) is 19.2 Å². The van der Waals surface area contributed by atoms with Crippen molar-refractivity contribution in [3.63, 3.8) is 0 Å². The monoisotopic (exact) mass is 293 g/mol. The van der Waals surface area contributed by atoms with Gasteiger partial charge in [-0.25, -0.2) is 4.98 Å². The van der Waals surface area contributed by atoms with Gasteiger partial charge in [-0.3, -0.25) is 0 Å². The first kappa shape index (κ1) is 15.1. The first-order valence-corrected chi connectivity index (χ1v) is 7.86. The third kappa shape index (κ3) is 3.61. The molecule has 20 heavy (non-hydrogen) atoms. The molecule has 0 aromatic carbocycles. The number of furan rings is 1. The molecule has 0 aliphatic rings. The van der Waals surface area contributed by atoms with Gasteiger partial charge in [0.15, 0.2) is 5.13 Å². The molecule has 0 fully saturated rings. The third-order valence-electron chi connectivity index (χ3n) is 3.34. The Kier molecular flexibility index (Phi) is 5.20. The quantitative estimate of drug-likeness (QED) is 0.844. The number of nitrogens with one attached hydrogen (secondary N) is 1. The maximum atomic E-state index is 5.34. The molecule has 0 saturated carbocycles. The standard InChI is InChI=1S/C15H23N3OS/c1-5-7-16-11(2)14-9-17-15(20-14)18(4)10-13-6-8-19-12(13)3/h6,8-9,11,16H,5,7,10H2,1-4H3. The molecule has 0 aliphatic carbocycles. The zero-order valence-electron chi connectivity index (χ0n) is 12.6.